The maximum atomic E-state index is 12.7. The fraction of sp³-hybridized carbons (Fsp3) is 0.471. The summed E-state index contributed by atoms with van der Waals surface area (Å²) in [5, 5.41) is 10.2. The molecule has 2 N–H and O–H groups in total. The second-order valence-electron chi connectivity index (χ2n) is 6.73. The van der Waals surface area contributed by atoms with Gasteiger partial charge in [0.2, 0.25) is 15.4 Å². The Hall–Kier alpha value is -1.84. The van der Waals surface area contributed by atoms with Gasteiger partial charge in [-0.2, -0.15) is 0 Å². The molecule has 0 spiro atoms. The van der Waals surface area contributed by atoms with Gasteiger partial charge < -0.3 is 5.32 Å². The molecule has 7 nitrogen and oxygen atoms in total. The van der Waals surface area contributed by atoms with E-state index < -0.39 is 10.0 Å². The van der Waals surface area contributed by atoms with Gasteiger partial charge in [-0.3, -0.25) is 4.79 Å². The van der Waals surface area contributed by atoms with Crippen LogP contribution in [0.4, 0.5) is 5.13 Å². The highest BCUT2D eigenvalue weighted by Gasteiger charge is 2.26. The molecule has 1 aromatic carbocycles. The minimum atomic E-state index is -3.84. The number of nitrogens with one attached hydrogen (secondary N) is 2. The Morgan fingerprint density at radius 1 is 1.12 bits per heavy atom. The van der Waals surface area contributed by atoms with E-state index >= 15 is 0 Å². The van der Waals surface area contributed by atoms with Crippen molar-refractivity contribution in [3.8, 4) is 0 Å². The molecule has 1 unspecified atom stereocenters. The van der Waals surface area contributed by atoms with Crippen LogP contribution in [0, 0.1) is 11.8 Å². The maximum Gasteiger partial charge on any atom is 0.270 e. The van der Waals surface area contributed by atoms with Crippen molar-refractivity contribution in [1.82, 2.24) is 14.9 Å². The highest BCUT2D eigenvalue weighted by atomic mass is 32.2. The molecule has 2 rings (SSSR count). The number of carbonyl (C=O) groups is 1. The first kappa shape index (κ1) is 20.5. The summed E-state index contributed by atoms with van der Waals surface area (Å²) in [5.41, 5.74) is 0.891. The summed E-state index contributed by atoms with van der Waals surface area (Å²) < 4.78 is 28.0. The smallest absolute Gasteiger partial charge is 0.270 e. The van der Waals surface area contributed by atoms with Crippen LogP contribution in [-0.2, 0) is 14.8 Å². The lowest BCUT2D eigenvalue weighted by Gasteiger charge is -2.20. The molecule has 9 heteroatoms. The molecule has 0 fully saturated rings. The van der Waals surface area contributed by atoms with Crippen LogP contribution < -0.4 is 10.0 Å². The fourth-order valence-electron chi connectivity index (χ4n) is 2.27. The molecule has 1 heterocycles. The Balaban J connectivity index is 2.20. The molecule has 0 radical (unpaired) electrons. The van der Waals surface area contributed by atoms with Crippen molar-refractivity contribution in [2.45, 2.75) is 44.5 Å². The fourth-order valence-corrected chi connectivity index (χ4v) is 4.42. The van der Waals surface area contributed by atoms with Crippen LogP contribution in [0.2, 0.25) is 0 Å². The number of anilines is 1. The number of nitrogens with zero attached hydrogens (tertiary/aromatic N) is 2. The van der Waals surface area contributed by atoms with Gasteiger partial charge in [0.1, 0.15) is 0 Å². The van der Waals surface area contributed by atoms with Gasteiger partial charge in [0.15, 0.2) is 0 Å². The SMILES string of the molecule is CC(C)CC(NS(=O)(=O)c1nnc(NC(=O)C(C)C)s1)c1ccccc1. The van der Waals surface area contributed by atoms with E-state index in [1.165, 1.54) is 0 Å². The second kappa shape index (κ2) is 8.70. The van der Waals surface area contributed by atoms with Crippen LogP contribution in [0.3, 0.4) is 0 Å². The number of carbonyl (C=O) groups excluding carboxylic acids is 1. The molecule has 0 aliphatic heterocycles. The van der Waals surface area contributed by atoms with E-state index in [1.54, 1.807) is 13.8 Å². The summed E-state index contributed by atoms with van der Waals surface area (Å²) in [6.07, 6.45) is 0.652. The van der Waals surface area contributed by atoms with Gasteiger partial charge in [-0.1, -0.05) is 69.4 Å². The number of aromatic nitrogens is 2. The lowest BCUT2D eigenvalue weighted by atomic mass is 9.98. The first-order valence-electron chi connectivity index (χ1n) is 8.40. The van der Waals surface area contributed by atoms with E-state index in [0.29, 0.717) is 12.3 Å². The van der Waals surface area contributed by atoms with Gasteiger partial charge in [-0.15, -0.1) is 10.2 Å². The third-order valence-corrected chi connectivity index (χ3v) is 6.28. The highest BCUT2D eigenvalue weighted by Crippen LogP contribution is 2.26. The number of amides is 1. The van der Waals surface area contributed by atoms with E-state index in [9.17, 15) is 13.2 Å². The molecule has 2 aromatic rings. The Labute approximate surface area is 158 Å². The first-order chi connectivity index (χ1) is 12.2. The maximum absolute atomic E-state index is 12.7. The van der Waals surface area contributed by atoms with Crippen molar-refractivity contribution in [1.29, 1.82) is 0 Å². The molecule has 1 atom stereocenters. The molecule has 1 amide bonds. The standard InChI is InChI=1S/C17H24N4O3S2/c1-11(2)10-14(13-8-6-5-7-9-13)21-26(23,24)17-20-19-16(25-17)18-15(22)12(3)4/h5-9,11-12,14,21H,10H2,1-4H3,(H,18,19,22). The van der Waals surface area contributed by atoms with Crippen LogP contribution in [0.1, 0.15) is 45.7 Å². The molecule has 0 aliphatic carbocycles. The molecular formula is C17H24N4O3S2. The highest BCUT2D eigenvalue weighted by molar-refractivity contribution is 7.91. The van der Waals surface area contributed by atoms with E-state index in [0.717, 1.165) is 16.9 Å². The number of hydrogen-bond acceptors (Lipinski definition) is 6. The van der Waals surface area contributed by atoms with Crippen LogP contribution in [0.25, 0.3) is 0 Å². The molecule has 142 valence electrons. The Kier molecular flexibility index (Phi) is 6.85. The summed E-state index contributed by atoms with van der Waals surface area (Å²) >= 11 is 0.837. The monoisotopic (exact) mass is 396 g/mol. The average Bonchev–Trinajstić information content (AvgIpc) is 3.04. The average molecular weight is 397 g/mol. The molecule has 0 aliphatic rings. The molecule has 0 saturated heterocycles. The Morgan fingerprint density at radius 3 is 2.35 bits per heavy atom. The van der Waals surface area contributed by atoms with Crippen LogP contribution >= 0.6 is 11.3 Å². The van der Waals surface area contributed by atoms with Crippen molar-refractivity contribution < 1.29 is 13.2 Å². The van der Waals surface area contributed by atoms with Crippen molar-refractivity contribution in [3.05, 3.63) is 35.9 Å². The predicted molar refractivity (Wildman–Crippen MR) is 102 cm³/mol. The Bertz CT molecular complexity index is 833. The Morgan fingerprint density at radius 2 is 1.77 bits per heavy atom. The van der Waals surface area contributed by atoms with Gasteiger partial charge in [0, 0.05) is 12.0 Å². The van der Waals surface area contributed by atoms with Crippen molar-refractivity contribution in [2.75, 3.05) is 5.32 Å². The van der Waals surface area contributed by atoms with E-state index in [1.807, 2.05) is 44.2 Å². The molecule has 1 aromatic heterocycles. The van der Waals surface area contributed by atoms with E-state index in [4.69, 9.17) is 0 Å². The van der Waals surface area contributed by atoms with Gasteiger partial charge in [-0.25, -0.2) is 13.1 Å². The largest absolute Gasteiger partial charge is 0.300 e. The van der Waals surface area contributed by atoms with Gasteiger partial charge >= 0.3 is 0 Å². The summed E-state index contributed by atoms with van der Waals surface area (Å²) in [5.74, 6) is -0.163. The number of benzene rings is 1. The predicted octanol–water partition coefficient (Wildman–Crippen LogP) is 3.20. The van der Waals surface area contributed by atoms with Gasteiger partial charge in [0.25, 0.3) is 10.0 Å². The van der Waals surface area contributed by atoms with Crippen LogP contribution in [0.5, 0.6) is 0 Å². The third kappa shape index (κ3) is 5.58. The molecule has 0 bridgehead atoms. The van der Waals surface area contributed by atoms with Gasteiger partial charge in [0.05, 0.1) is 0 Å². The lowest BCUT2D eigenvalue weighted by molar-refractivity contribution is -0.118. The van der Waals surface area contributed by atoms with Crippen molar-refractivity contribution in [3.63, 3.8) is 0 Å². The zero-order chi connectivity index (χ0) is 19.3. The number of rotatable bonds is 8. The summed E-state index contributed by atoms with van der Waals surface area (Å²) in [7, 11) is -3.84. The first-order valence-corrected chi connectivity index (χ1v) is 10.7. The minimum absolute atomic E-state index is 0.166. The normalized spacial score (nSPS) is 13.2. The van der Waals surface area contributed by atoms with Crippen LogP contribution in [-0.4, -0.2) is 24.5 Å². The zero-order valence-electron chi connectivity index (χ0n) is 15.3. The number of sulfonamides is 1. The quantitative estimate of drug-likeness (QED) is 0.667. The van der Waals surface area contributed by atoms with E-state index in [2.05, 4.69) is 20.2 Å². The van der Waals surface area contributed by atoms with Crippen molar-refractivity contribution in [2.24, 2.45) is 11.8 Å². The lowest BCUT2D eigenvalue weighted by Crippen LogP contribution is -2.29. The van der Waals surface area contributed by atoms with E-state index in [-0.39, 0.29) is 27.3 Å². The molecule has 26 heavy (non-hydrogen) atoms. The molecular weight excluding hydrogens is 372 g/mol. The van der Waals surface area contributed by atoms with Crippen molar-refractivity contribution >= 4 is 32.4 Å². The number of hydrogen-bond donors (Lipinski definition) is 2. The second-order valence-corrected chi connectivity index (χ2v) is 9.60. The van der Waals surface area contributed by atoms with Crippen LogP contribution in [0.15, 0.2) is 34.7 Å². The topological polar surface area (TPSA) is 101 Å². The minimum Gasteiger partial charge on any atom is -0.300 e. The summed E-state index contributed by atoms with van der Waals surface area (Å²) in [6, 6.07) is 9.06. The summed E-state index contributed by atoms with van der Waals surface area (Å²) in [6.45, 7) is 7.56. The summed E-state index contributed by atoms with van der Waals surface area (Å²) in [4.78, 5) is 11.7. The zero-order valence-corrected chi connectivity index (χ0v) is 16.9. The third-order valence-electron chi connectivity index (χ3n) is 3.60. The van der Waals surface area contributed by atoms with Gasteiger partial charge in [-0.05, 0) is 17.9 Å². The molecule has 0 saturated carbocycles.